The molecule has 1 fully saturated rings. The summed E-state index contributed by atoms with van der Waals surface area (Å²) >= 11 is 1.74. The van der Waals surface area contributed by atoms with Crippen molar-refractivity contribution in [1.82, 2.24) is 4.90 Å². The maximum atomic E-state index is 13.0. The number of nitrogens with zero attached hydrogens (tertiary/aromatic N) is 1. The van der Waals surface area contributed by atoms with Crippen molar-refractivity contribution in [2.45, 2.75) is 32.0 Å². The van der Waals surface area contributed by atoms with E-state index >= 15 is 0 Å². The van der Waals surface area contributed by atoms with E-state index in [9.17, 15) is 4.79 Å². The Morgan fingerprint density at radius 3 is 2.91 bits per heavy atom. The van der Waals surface area contributed by atoms with Gasteiger partial charge in [-0.25, -0.2) is 0 Å². The summed E-state index contributed by atoms with van der Waals surface area (Å²) in [6, 6.07) is 12.0. The van der Waals surface area contributed by atoms with Gasteiger partial charge in [0.2, 0.25) is 0 Å². The van der Waals surface area contributed by atoms with E-state index in [4.69, 9.17) is 4.74 Å². The van der Waals surface area contributed by atoms with Crippen molar-refractivity contribution in [2.24, 2.45) is 0 Å². The number of fused-ring (bicyclic) bond motifs is 1. The minimum absolute atomic E-state index is 0.0888. The van der Waals surface area contributed by atoms with Crippen molar-refractivity contribution < 1.29 is 9.53 Å². The third kappa shape index (κ3) is 2.75. The van der Waals surface area contributed by atoms with E-state index in [1.807, 2.05) is 29.2 Å². The van der Waals surface area contributed by atoms with Crippen LogP contribution in [-0.2, 0) is 4.74 Å². The van der Waals surface area contributed by atoms with Gasteiger partial charge < -0.3 is 15.0 Å². The fraction of sp³-hybridized carbons (Fsp3) is 0.389. The highest BCUT2D eigenvalue weighted by Crippen LogP contribution is 2.36. The maximum Gasteiger partial charge on any atom is 0.257 e. The van der Waals surface area contributed by atoms with Crippen molar-refractivity contribution in [2.75, 3.05) is 18.5 Å². The number of nitrogens with one attached hydrogen (secondary N) is 1. The van der Waals surface area contributed by atoms with E-state index < -0.39 is 0 Å². The first-order valence-corrected chi connectivity index (χ1v) is 8.88. The van der Waals surface area contributed by atoms with Crippen molar-refractivity contribution in [3.05, 3.63) is 51.7 Å². The molecule has 120 valence electrons. The molecule has 0 radical (unpaired) electrons. The molecule has 4 nitrogen and oxygen atoms in total. The third-order valence-electron chi connectivity index (χ3n) is 4.48. The zero-order valence-corrected chi connectivity index (χ0v) is 13.9. The maximum absolute atomic E-state index is 13.0. The standard InChI is InChI=1S/C18H20N2O2S/c1-12-8-9-16(23-12)17-19-15-7-3-2-6-14(15)18(21)20(17)11-13-5-4-10-22-13/h2-3,6-9,13,17,19H,4-5,10-11H2,1H3/t13-,17+/m1/s1. The largest absolute Gasteiger partial charge is 0.376 e. The lowest BCUT2D eigenvalue weighted by molar-refractivity contribution is 0.0430. The van der Waals surface area contributed by atoms with Crippen molar-refractivity contribution in [3.8, 4) is 0 Å². The highest BCUT2D eigenvalue weighted by molar-refractivity contribution is 7.12. The van der Waals surface area contributed by atoms with Crippen LogP contribution in [-0.4, -0.2) is 30.1 Å². The molecule has 0 spiro atoms. The van der Waals surface area contributed by atoms with E-state index in [0.717, 1.165) is 30.7 Å². The summed E-state index contributed by atoms with van der Waals surface area (Å²) in [5.41, 5.74) is 1.66. The van der Waals surface area contributed by atoms with Gasteiger partial charge >= 0.3 is 0 Å². The number of ether oxygens (including phenoxy) is 1. The number of anilines is 1. The molecule has 0 unspecified atom stereocenters. The first kappa shape index (κ1) is 14.7. The topological polar surface area (TPSA) is 41.6 Å². The lowest BCUT2D eigenvalue weighted by Crippen LogP contribution is -2.46. The molecule has 2 aliphatic rings. The number of carbonyl (C=O) groups is 1. The van der Waals surface area contributed by atoms with Gasteiger partial charge in [-0.15, -0.1) is 11.3 Å². The molecule has 0 bridgehead atoms. The second kappa shape index (κ2) is 5.98. The van der Waals surface area contributed by atoms with Gasteiger partial charge in [-0.05, 0) is 44.0 Å². The minimum Gasteiger partial charge on any atom is -0.376 e. The van der Waals surface area contributed by atoms with Gasteiger partial charge in [-0.3, -0.25) is 4.79 Å². The molecule has 1 amide bonds. The summed E-state index contributed by atoms with van der Waals surface area (Å²) in [6.07, 6.45) is 2.15. The van der Waals surface area contributed by atoms with E-state index in [1.165, 1.54) is 9.75 Å². The second-order valence-corrected chi connectivity index (χ2v) is 7.45. The van der Waals surface area contributed by atoms with Crippen LogP contribution in [0.15, 0.2) is 36.4 Å². The Kier molecular flexibility index (Phi) is 3.83. The fourth-order valence-corrected chi connectivity index (χ4v) is 4.26. The Bertz CT molecular complexity index is 721. The zero-order chi connectivity index (χ0) is 15.8. The van der Waals surface area contributed by atoms with Crippen molar-refractivity contribution >= 4 is 22.9 Å². The molecule has 23 heavy (non-hydrogen) atoms. The molecule has 2 aromatic rings. The van der Waals surface area contributed by atoms with E-state index in [-0.39, 0.29) is 18.2 Å². The number of aryl methyl sites for hydroxylation is 1. The molecule has 5 heteroatoms. The monoisotopic (exact) mass is 328 g/mol. The van der Waals surface area contributed by atoms with Crippen LogP contribution in [0, 0.1) is 6.92 Å². The first-order valence-electron chi connectivity index (χ1n) is 8.07. The SMILES string of the molecule is Cc1ccc([C@H]2Nc3ccccc3C(=O)N2C[C@H]2CCCO2)s1. The molecule has 4 rings (SSSR count). The molecule has 1 saturated heterocycles. The fourth-order valence-electron chi connectivity index (χ4n) is 3.31. The number of carbonyl (C=O) groups excluding carboxylic acids is 1. The zero-order valence-electron chi connectivity index (χ0n) is 13.1. The average Bonchev–Trinajstić information content (AvgIpc) is 3.21. The minimum atomic E-state index is -0.111. The van der Waals surface area contributed by atoms with Gasteiger partial charge in [0.1, 0.15) is 6.17 Å². The van der Waals surface area contributed by atoms with Crippen molar-refractivity contribution in [1.29, 1.82) is 0 Å². The van der Waals surface area contributed by atoms with E-state index in [0.29, 0.717) is 6.54 Å². The van der Waals surface area contributed by atoms with Crippen LogP contribution >= 0.6 is 11.3 Å². The number of benzene rings is 1. The number of para-hydroxylation sites is 1. The summed E-state index contributed by atoms with van der Waals surface area (Å²) in [7, 11) is 0. The number of hydrogen-bond acceptors (Lipinski definition) is 4. The van der Waals surface area contributed by atoms with Crippen LogP contribution in [0.5, 0.6) is 0 Å². The molecule has 0 aliphatic carbocycles. The Morgan fingerprint density at radius 2 is 2.17 bits per heavy atom. The molecular weight excluding hydrogens is 308 g/mol. The Hall–Kier alpha value is -1.85. The van der Waals surface area contributed by atoms with E-state index in [2.05, 4.69) is 24.4 Å². The molecule has 0 saturated carbocycles. The summed E-state index contributed by atoms with van der Waals surface area (Å²) in [5, 5.41) is 3.54. The molecule has 1 aromatic carbocycles. The number of hydrogen-bond donors (Lipinski definition) is 1. The summed E-state index contributed by atoms with van der Waals surface area (Å²) in [4.78, 5) is 17.4. The predicted molar refractivity (Wildman–Crippen MR) is 91.9 cm³/mol. The Morgan fingerprint density at radius 1 is 1.30 bits per heavy atom. The van der Waals surface area contributed by atoms with Gasteiger partial charge in [-0.2, -0.15) is 0 Å². The van der Waals surface area contributed by atoms with Gasteiger partial charge in [0, 0.05) is 28.6 Å². The summed E-state index contributed by atoms with van der Waals surface area (Å²) < 4.78 is 5.76. The second-order valence-electron chi connectivity index (χ2n) is 6.13. The smallest absolute Gasteiger partial charge is 0.257 e. The first-order chi connectivity index (χ1) is 11.2. The van der Waals surface area contributed by atoms with Crippen LogP contribution in [0.2, 0.25) is 0 Å². The third-order valence-corrected chi connectivity index (χ3v) is 5.53. The molecule has 2 atom stereocenters. The van der Waals surface area contributed by atoms with Crippen LogP contribution < -0.4 is 5.32 Å². The van der Waals surface area contributed by atoms with Gasteiger partial charge in [0.15, 0.2) is 0 Å². The molecule has 2 aliphatic heterocycles. The highest BCUT2D eigenvalue weighted by Gasteiger charge is 2.35. The van der Waals surface area contributed by atoms with Crippen LogP contribution in [0.3, 0.4) is 0 Å². The average molecular weight is 328 g/mol. The van der Waals surface area contributed by atoms with Crippen LogP contribution in [0.25, 0.3) is 0 Å². The van der Waals surface area contributed by atoms with Gasteiger partial charge in [-0.1, -0.05) is 12.1 Å². The van der Waals surface area contributed by atoms with Crippen LogP contribution in [0.1, 0.15) is 39.1 Å². The normalized spacial score (nSPS) is 23.7. The molecule has 1 N–H and O–H groups in total. The molecular formula is C18H20N2O2S. The van der Waals surface area contributed by atoms with E-state index in [1.54, 1.807) is 11.3 Å². The summed E-state index contributed by atoms with van der Waals surface area (Å²) in [6.45, 7) is 3.54. The molecule has 3 heterocycles. The lowest BCUT2D eigenvalue weighted by Gasteiger charge is -2.38. The quantitative estimate of drug-likeness (QED) is 0.932. The van der Waals surface area contributed by atoms with Crippen LogP contribution in [0.4, 0.5) is 5.69 Å². The number of thiophene rings is 1. The summed E-state index contributed by atoms with van der Waals surface area (Å²) in [5.74, 6) is 0.0888. The highest BCUT2D eigenvalue weighted by atomic mass is 32.1. The Labute approximate surface area is 140 Å². The van der Waals surface area contributed by atoms with Gasteiger partial charge in [0.05, 0.1) is 11.7 Å². The predicted octanol–water partition coefficient (Wildman–Crippen LogP) is 3.80. The van der Waals surface area contributed by atoms with Crippen molar-refractivity contribution in [3.63, 3.8) is 0 Å². The number of amides is 1. The Balaban J connectivity index is 1.70. The number of rotatable bonds is 3. The molecule has 1 aromatic heterocycles. The van der Waals surface area contributed by atoms with Gasteiger partial charge in [0.25, 0.3) is 5.91 Å². The lowest BCUT2D eigenvalue weighted by atomic mass is 10.1.